The summed E-state index contributed by atoms with van der Waals surface area (Å²) >= 11 is 1.99. The monoisotopic (exact) mass is 1100 g/mol. The lowest BCUT2D eigenvalue weighted by Crippen LogP contribution is -2.61. The van der Waals surface area contributed by atoms with Gasteiger partial charge in [-0.2, -0.15) is 0 Å². The Bertz CT molecular complexity index is 4630. The van der Waals surface area contributed by atoms with Crippen molar-refractivity contribution in [1.29, 1.82) is 0 Å². The summed E-state index contributed by atoms with van der Waals surface area (Å²) in [5.41, 5.74) is 24.5. The first-order valence-electron chi connectivity index (χ1n) is 30.0. The van der Waals surface area contributed by atoms with E-state index >= 15 is 0 Å². The Kier molecular flexibility index (Phi) is 11.6. The van der Waals surface area contributed by atoms with Crippen LogP contribution in [0.1, 0.15) is 104 Å². The molecule has 0 aliphatic carbocycles. The van der Waals surface area contributed by atoms with Gasteiger partial charge in [0, 0.05) is 54.4 Å². The highest BCUT2D eigenvalue weighted by Gasteiger charge is 2.48. The molecule has 0 radical (unpaired) electrons. The molecule has 3 aliphatic heterocycles. The van der Waals surface area contributed by atoms with Gasteiger partial charge >= 0.3 is 0 Å². The van der Waals surface area contributed by atoms with E-state index in [0.29, 0.717) is 0 Å². The van der Waals surface area contributed by atoms with Crippen molar-refractivity contribution in [3.63, 3.8) is 0 Å². The van der Waals surface area contributed by atoms with Gasteiger partial charge in [0.2, 0.25) is 0 Å². The first kappa shape index (κ1) is 52.2. The van der Waals surface area contributed by atoms with Gasteiger partial charge in [-0.1, -0.05) is 228 Å². The molecule has 3 nitrogen and oxygen atoms in total. The number of para-hydroxylation sites is 2. The number of benzene rings is 11. The Morgan fingerprint density at radius 1 is 0.357 bits per heavy atom. The molecule has 0 fully saturated rings. The van der Waals surface area contributed by atoms with Crippen LogP contribution >= 0.6 is 11.3 Å². The quantitative estimate of drug-likeness (QED) is 0.126. The molecule has 1 aromatic heterocycles. The predicted octanol–water partition coefficient (Wildman–Crippen LogP) is 20.6. The number of fused-ring (bicyclic) bond motifs is 10. The van der Waals surface area contributed by atoms with E-state index in [2.05, 4.69) is 315 Å². The summed E-state index contributed by atoms with van der Waals surface area (Å²) in [5.74, 6) is 0. The van der Waals surface area contributed by atoms with Gasteiger partial charge in [0.1, 0.15) is 0 Å². The van der Waals surface area contributed by atoms with E-state index in [1.807, 2.05) is 11.3 Å². The molecule has 0 unspecified atom stereocenters. The van der Waals surface area contributed by atoms with Crippen molar-refractivity contribution in [3.8, 4) is 22.3 Å². The smallest absolute Gasteiger partial charge is 0.264 e. The molecule has 0 spiro atoms. The fourth-order valence-electron chi connectivity index (χ4n) is 14.2. The van der Waals surface area contributed by atoms with Crippen LogP contribution in [0.4, 0.5) is 51.2 Å². The molecular formula is C79H70BN3S. The maximum absolute atomic E-state index is 2.71. The zero-order chi connectivity index (χ0) is 57.8. The minimum atomic E-state index is -0.319. The van der Waals surface area contributed by atoms with Crippen molar-refractivity contribution in [2.45, 2.75) is 97.8 Å². The standard InChI is InChI=1S/C79H70BN3S/c1-76(2,3)51-35-38-55(39-36-51)82-67-48-66-63(79(10,11)62-33-23-24-34-65(62)81(66)54-29-19-14-20-30-54)47-64(67)80-73-68(82)44-53(78(7,8)9)45-69(73)83(74-61-43-52(77(4,5)6)37-42-70(61)84-75(74)80)56-40-41-59-60(46-56)72(50-27-17-13-18-28-50)58-32-22-21-31-57(58)71(59)49-25-15-12-16-26-49/h12-48H,1-11H3. The highest BCUT2D eigenvalue weighted by atomic mass is 32.1. The molecule has 0 atom stereocenters. The van der Waals surface area contributed by atoms with E-state index in [0.717, 1.165) is 17.1 Å². The third-order valence-corrected chi connectivity index (χ3v) is 19.9. The molecule has 84 heavy (non-hydrogen) atoms. The van der Waals surface area contributed by atoms with E-state index in [4.69, 9.17) is 0 Å². The number of anilines is 9. The third-order valence-electron chi connectivity index (χ3n) is 18.6. The van der Waals surface area contributed by atoms with Gasteiger partial charge in [-0.25, -0.2) is 0 Å². The SMILES string of the molecule is CC(C)(C)c1ccc(N2c3cc4c(cc3B3c5sc6ccc(C(C)(C)C)cc6c5N(c5ccc6c(-c7ccccc7)c7ccccc7c(-c7ccccc7)c6c5)c5cc(C(C)(C)C)cc2c53)C(C)(C)c2ccccc2N4c2ccccc2)cc1. The Balaban J connectivity index is 1.09. The van der Waals surface area contributed by atoms with Crippen molar-refractivity contribution in [2.75, 3.05) is 14.7 Å². The number of hydrogen-bond donors (Lipinski definition) is 0. The molecule has 12 aromatic rings. The molecular weight excluding hydrogens is 1030 g/mol. The van der Waals surface area contributed by atoms with Crippen LogP contribution in [0, 0.1) is 0 Å². The van der Waals surface area contributed by atoms with Crippen LogP contribution in [-0.4, -0.2) is 6.71 Å². The zero-order valence-electron chi connectivity index (χ0n) is 50.2. The summed E-state index contributed by atoms with van der Waals surface area (Å²) in [6.45, 7) is 26.0. The van der Waals surface area contributed by atoms with E-state index in [1.54, 1.807) is 0 Å². The van der Waals surface area contributed by atoms with Crippen LogP contribution < -0.4 is 30.4 Å². The molecule has 11 aromatic carbocycles. The molecule has 410 valence electrons. The van der Waals surface area contributed by atoms with Crippen LogP contribution in [0.25, 0.3) is 53.9 Å². The summed E-state index contributed by atoms with van der Waals surface area (Å²) < 4.78 is 2.67. The van der Waals surface area contributed by atoms with Gasteiger partial charge in [-0.3, -0.25) is 0 Å². The summed E-state index contributed by atoms with van der Waals surface area (Å²) in [6, 6.07) is 85.9. The Morgan fingerprint density at radius 2 is 0.869 bits per heavy atom. The Morgan fingerprint density at radius 3 is 1.50 bits per heavy atom. The van der Waals surface area contributed by atoms with E-state index in [1.165, 1.54) is 132 Å². The van der Waals surface area contributed by atoms with Crippen LogP contribution in [0.2, 0.25) is 0 Å². The Hall–Kier alpha value is -8.64. The number of nitrogens with zero attached hydrogens (tertiary/aromatic N) is 3. The van der Waals surface area contributed by atoms with E-state index in [9.17, 15) is 0 Å². The average Bonchev–Trinajstić information content (AvgIpc) is 1.14. The lowest BCUT2D eigenvalue weighted by molar-refractivity contribution is 0.590. The van der Waals surface area contributed by atoms with Gasteiger partial charge in [-0.05, 0) is 172 Å². The maximum Gasteiger partial charge on any atom is 0.264 e. The fraction of sp³-hybridized carbons (Fsp3) is 0.190. The van der Waals surface area contributed by atoms with Crippen molar-refractivity contribution in [2.24, 2.45) is 0 Å². The van der Waals surface area contributed by atoms with Crippen LogP contribution in [0.5, 0.6) is 0 Å². The second-order valence-corrected chi connectivity index (χ2v) is 28.4. The lowest BCUT2D eigenvalue weighted by atomic mass is 9.35. The Labute approximate surface area is 500 Å². The predicted molar refractivity (Wildman–Crippen MR) is 365 cm³/mol. The fourth-order valence-corrected chi connectivity index (χ4v) is 15.5. The molecule has 0 saturated carbocycles. The van der Waals surface area contributed by atoms with Gasteiger partial charge in [0.25, 0.3) is 6.71 Å². The van der Waals surface area contributed by atoms with Crippen LogP contribution in [0.15, 0.2) is 224 Å². The molecule has 4 heterocycles. The van der Waals surface area contributed by atoms with E-state index in [-0.39, 0.29) is 28.4 Å². The number of rotatable bonds is 5. The third kappa shape index (κ3) is 7.98. The number of hydrogen-bond acceptors (Lipinski definition) is 4. The first-order valence-corrected chi connectivity index (χ1v) is 30.8. The minimum absolute atomic E-state index is 0.0116. The summed E-state index contributed by atoms with van der Waals surface area (Å²) in [7, 11) is 0. The highest BCUT2D eigenvalue weighted by Crippen LogP contribution is 2.56. The second-order valence-electron chi connectivity index (χ2n) is 27.4. The molecule has 0 saturated heterocycles. The topological polar surface area (TPSA) is 9.72 Å². The summed E-state index contributed by atoms with van der Waals surface area (Å²) in [4.78, 5) is 7.88. The summed E-state index contributed by atoms with van der Waals surface area (Å²) in [5, 5.41) is 6.28. The van der Waals surface area contributed by atoms with Gasteiger partial charge in [0.05, 0.1) is 17.1 Å². The molecule has 0 bridgehead atoms. The maximum atomic E-state index is 2.71. The molecule has 15 rings (SSSR count). The zero-order valence-corrected chi connectivity index (χ0v) is 51.0. The van der Waals surface area contributed by atoms with Crippen molar-refractivity contribution >= 4 is 117 Å². The lowest BCUT2D eigenvalue weighted by Gasteiger charge is -2.47. The van der Waals surface area contributed by atoms with Gasteiger partial charge < -0.3 is 14.7 Å². The second kappa shape index (κ2) is 18.7. The first-order chi connectivity index (χ1) is 40.3. The van der Waals surface area contributed by atoms with Crippen molar-refractivity contribution in [1.82, 2.24) is 0 Å². The van der Waals surface area contributed by atoms with Crippen molar-refractivity contribution in [3.05, 3.63) is 252 Å². The highest BCUT2D eigenvalue weighted by molar-refractivity contribution is 7.33. The van der Waals surface area contributed by atoms with Crippen LogP contribution in [-0.2, 0) is 21.7 Å². The van der Waals surface area contributed by atoms with Gasteiger partial charge in [-0.15, -0.1) is 11.3 Å². The van der Waals surface area contributed by atoms with Crippen molar-refractivity contribution < 1.29 is 0 Å². The number of thiophene rings is 1. The minimum Gasteiger partial charge on any atom is -0.311 e. The van der Waals surface area contributed by atoms with Crippen LogP contribution in [0.3, 0.4) is 0 Å². The van der Waals surface area contributed by atoms with Gasteiger partial charge in [0.15, 0.2) is 0 Å². The molecule has 0 amide bonds. The normalized spacial score (nSPS) is 14.4. The molecule has 0 N–H and O–H groups in total. The summed E-state index contributed by atoms with van der Waals surface area (Å²) in [6.07, 6.45) is 0. The molecule has 3 aliphatic rings. The largest absolute Gasteiger partial charge is 0.311 e. The van der Waals surface area contributed by atoms with E-state index < -0.39 is 0 Å². The molecule has 5 heteroatoms. The average molecular weight is 1100 g/mol.